The maximum Gasteiger partial charge on any atom is -0.0348 e. The van der Waals surface area contributed by atoms with Gasteiger partial charge in [-0.15, -0.1) is 0 Å². The first-order valence-corrected chi connectivity index (χ1v) is 4.99. The van der Waals surface area contributed by atoms with Gasteiger partial charge in [-0.3, -0.25) is 0 Å². The number of hydrogen-bond donors (Lipinski definition) is 0. The molecule has 0 aromatic carbocycles. The van der Waals surface area contributed by atoms with Crippen molar-refractivity contribution in [3.05, 3.63) is 30.7 Å². The van der Waals surface area contributed by atoms with Gasteiger partial charge in [-0.1, -0.05) is 31.2 Å². The third-order valence-corrected chi connectivity index (χ3v) is 1.71. The Balaban J connectivity index is 2.95. The lowest BCUT2D eigenvalue weighted by atomic mass is 10.1. The van der Waals surface area contributed by atoms with Crippen LogP contribution in [-0.2, 0) is 0 Å². The molecular weight excluding hydrogens is 144 g/mol. The lowest BCUT2D eigenvalue weighted by molar-refractivity contribution is 0.854. The van der Waals surface area contributed by atoms with E-state index in [9.17, 15) is 0 Å². The minimum absolute atomic E-state index is 1.17. The Morgan fingerprint density at radius 3 is 2.08 bits per heavy atom. The van der Waals surface area contributed by atoms with Crippen LogP contribution in [0.3, 0.4) is 0 Å². The van der Waals surface area contributed by atoms with Crippen LogP contribution >= 0.6 is 0 Å². The van der Waals surface area contributed by atoms with Crippen LogP contribution in [0, 0.1) is 6.42 Å². The second-order valence-corrected chi connectivity index (χ2v) is 2.89. The third-order valence-electron chi connectivity index (χ3n) is 1.71. The summed E-state index contributed by atoms with van der Waals surface area (Å²) < 4.78 is 0. The highest BCUT2D eigenvalue weighted by atomic mass is 13.9. The lowest BCUT2D eigenvalue weighted by Crippen LogP contribution is -1.75. The van der Waals surface area contributed by atoms with Gasteiger partial charge in [0, 0.05) is 0 Å². The molecule has 0 amide bonds. The number of rotatable bonds is 7. The van der Waals surface area contributed by atoms with E-state index in [1.165, 1.54) is 32.1 Å². The van der Waals surface area contributed by atoms with E-state index < -0.39 is 0 Å². The Morgan fingerprint density at radius 2 is 1.50 bits per heavy atom. The summed E-state index contributed by atoms with van der Waals surface area (Å²) in [6, 6.07) is 0. The number of unbranched alkanes of at least 4 members (excludes halogenated alkanes) is 4. The van der Waals surface area contributed by atoms with Crippen molar-refractivity contribution in [3.63, 3.8) is 0 Å². The standard InChI is InChI=1S/C12H21/c1-3-5-7-9-11-12-10-8-6-4-2/h3,5-6,8,11H,4,7,9-10,12H2,1-2H3. The van der Waals surface area contributed by atoms with Crippen molar-refractivity contribution >= 4 is 0 Å². The van der Waals surface area contributed by atoms with Crippen molar-refractivity contribution in [1.82, 2.24) is 0 Å². The second-order valence-electron chi connectivity index (χ2n) is 2.89. The number of allylic oxidation sites excluding steroid dienone is 4. The van der Waals surface area contributed by atoms with E-state index in [1.54, 1.807) is 0 Å². The predicted molar refractivity (Wildman–Crippen MR) is 57.0 cm³/mol. The van der Waals surface area contributed by atoms with E-state index in [-0.39, 0.29) is 0 Å². The SMILES string of the molecule is CC=CCC[CH]CCC=CCC. The van der Waals surface area contributed by atoms with Crippen LogP contribution in [0.5, 0.6) is 0 Å². The van der Waals surface area contributed by atoms with Crippen LogP contribution in [0.2, 0.25) is 0 Å². The minimum atomic E-state index is 1.17. The van der Waals surface area contributed by atoms with Gasteiger partial charge in [0.2, 0.25) is 0 Å². The molecular formula is C12H21. The molecule has 0 rings (SSSR count). The molecule has 0 N–H and O–H groups in total. The monoisotopic (exact) mass is 165 g/mol. The maximum absolute atomic E-state index is 2.38. The van der Waals surface area contributed by atoms with Gasteiger partial charge >= 0.3 is 0 Å². The first-order chi connectivity index (χ1) is 5.91. The highest BCUT2D eigenvalue weighted by Gasteiger charge is 1.84. The van der Waals surface area contributed by atoms with Crippen molar-refractivity contribution < 1.29 is 0 Å². The molecule has 0 atom stereocenters. The zero-order valence-corrected chi connectivity index (χ0v) is 8.42. The van der Waals surface area contributed by atoms with Gasteiger partial charge in [-0.05, 0) is 45.4 Å². The Kier molecular flexibility index (Phi) is 10.0. The van der Waals surface area contributed by atoms with E-state index in [1.807, 2.05) is 0 Å². The van der Waals surface area contributed by atoms with E-state index >= 15 is 0 Å². The molecule has 12 heavy (non-hydrogen) atoms. The lowest BCUT2D eigenvalue weighted by Gasteiger charge is -1.93. The fourth-order valence-electron chi connectivity index (χ4n) is 1.02. The summed E-state index contributed by atoms with van der Waals surface area (Å²) in [5.41, 5.74) is 0. The molecule has 0 bridgehead atoms. The second kappa shape index (κ2) is 10.5. The highest BCUT2D eigenvalue weighted by Crippen LogP contribution is 2.03. The zero-order chi connectivity index (χ0) is 9.07. The molecule has 0 unspecified atom stereocenters. The summed E-state index contributed by atoms with van der Waals surface area (Å²) in [4.78, 5) is 0. The molecule has 0 aliphatic heterocycles. The molecule has 0 saturated heterocycles. The topological polar surface area (TPSA) is 0 Å². The molecule has 0 saturated carbocycles. The molecule has 0 nitrogen and oxygen atoms in total. The molecule has 0 aromatic rings. The summed E-state index contributed by atoms with van der Waals surface area (Å²) in [6.45, 7) is 4.25. The molecule has 69 valence electrons. The summed E-state index contributed by atoms with van der Waals surface area (Å²) in [5.74, 6) is 0. The molecule has 0 aliphatic carbocycles. The summed E-state index contributed by atoms with van der Waals surface area (Å²) in [5, 5.41) is 0. The van der Waals surface area contributed by atoms with Crippen molar-refractivity contribution in [2.75, 3.05) is 0 Å². The summed E-state index contributed by atoms with van der Waals surface area (Å²) in [6.07, 6.45) is 17.3. The molecule has 0 heterocycles. The van der Waals surface area contributed by atoms with E-state index in [0.717, 1.165) is 0 Å². The largest absolute Gasteiger partial charge is 0.0917 e. The smallest absolute Gasteiger partial charge is 0.0348 e. The van der Waals surface area contributed by atoms with E-state index in [4.69, 9.17) is 0 Å². The maximum atomic E-state index is 2.38. The molecule has 0 heteroatoms. The van der Waals surface area contributed by atoms with Gasteiger partial charge < -0.3 is 0 Å². The van der Waals surface area contributed by atoms with Crippen LogP contribution < -0.4 is 0 Å². The Bertz CT molecular complexity index is 120. The first-order valence-electron chi connectivity index (χ1n) is 4.99. The van der Waals surface area contributed by atoms with Gasteiger partial charge in [0.15, 0.2) is 0 Å². The average molecular weight is 165 g/mol. The Labute approximate surface area is 77.4 Å². The van der Waals surface area contributed by atoms with Crippen molar-refractivity contribution in [3.8, 4) is 0 Å². The minimum Gasteiger partial charge on any atom is -0.0917 e. The highest BCUT2D eigenvalue weighted by molar-refractivity contribution is 4.84. The van der Waals surface area contributed by atoms with Crippen LogP contribution in [-0.4, -0.2) is 0 Å². The van der Waals surface area contributed by atoms with Crippen LogP contribution in [0.4, 0.5) is 0 Å². The van der Waals surface area contributed by atoms with Gasteiger partial charge in [0.05, 0.1) is 0 Å². The average Bonchev–Trinajstić information content (AvgIpc) is 2.10. The Morgan fingerprint density at radius 1 is 0.833 bits per heavy atom. The predicted octanol–water partition coefficient (Wildman–Crippen LogP) is 4.29. The van der Waals surface area contributed by atoms with Crippen LogP contribution in [0.1, 0.15) is 46.0 Å². The van der Waals surface area contributed by atoms with Crippen molar-refractivity contribution in [2.45, 2.75) is 46.0 Å². The fraction of sp³-hybridized carbons (Fsp3) is 0.583. The van der Waals surface area contributed by atoms with E-state index in [0.29, 0.717) is 0 Å². The van der Waals surface area contributed by atoms with Crippen molar-refractivity contribution in [2.24, 2.45) is 0 Å². The summed E-state index contributed by atoms with van der Waals surface area (Å²) >= 11 is 0. The van der Waals surface area contributed by atoms with Gasteiger partial charge in [0.25, 0.3) is 0 Å². The Hall–Kier alpha value is -0.520. The molecule has 1 radical (unpaired) electrons. The van der Waals surface area contributed by atoms with Gasteiger partial charge in [0.1, 0.15) is 0 Å². The molecule has 0 aromatic heterocycles. The summed E-state index contributed by atoms with van der Waals surface area (Å²) in [7, 11) is 0. The van der Waals surface area contributed by atoms with Gasteiger partial charge in [-0.2, -0.15) is 0 Å². The fourth-order valence-corrected chi connectivity index (χ4v) is 1.02. The van der Waals surface area contributed by atoms with Crippen LogP contribution in [0.25, 0.3) is 0 Å². The quantitative estimate of drug-likeness (QED) is 0.390. The van der Waals surface area contributed by atoms with Crippen molar-refractivity contribution in [1.29, 1.82) is 0 Å². The van der Waals surface area contributed by atoms with Gasteiger partial charge in [-0.25, -0.2) is 0 Å². The first kappa shape index (κ1) is 11.5. The normalized spacial score (nSPS) is 11.8. The molecule has 0 aliphatic rings. The van der Waals surface area contributed by atoms with Crippen LogP contribution in [0.15, 0.2) is 24.3 Å². The van der Waals surface area contributed by atoms with E-state index in [2.05, 4.69) is 44.6 Å². The molecule has 0 spiro atoms. The number of hydrogen-bond acceptors (Lipinski definition) is 0. The molecule has 0 fully saturated rings. The third kappa shape index (κ3) is 9.48. The zero-order valence-electron chi connectivity index (χ0n) is 8.42.